The van der Waals surface area contributed by atoms with Gasteiger partial charge in [0.25, 0.3) is 5.91 Å². The second-order valence-electron chi connectivity index (χ2n) is 6.34. The summed E-state index contributed by atoms with van der Waals surface area (Å²) in [5.41, 5.74) is 1.06. The van der Waals surface area contributed by atoms with Crippen LogP contribution in [0.3, 0.4) is 0 Å². The number of hydrogen-bond acceptors (Lipinski definition) is 6. The van der Waals surface area contributed by atoms with Gasteiger partial charge in [0, 0.05) is 32.2 Å². The molecule has 142 valence electrons. The molecule has 0 unspecified atom stereocenters. The summed E-state index contributed by atoms with van der Waals surface area (Å²) in [6.45, 7) is 3.05. The summed E-state index contributed by atoms with van der Waals surface area (Å²) in [6.07, 6.45) is 0. The lowest BCUT2D eigenvalue weighted by Crippen LogP contribution is -2.50. The van der Waals surface area contributed by atoms with E-state index in [-0.39, 0.29) is 19.3 Å². The largest absolute Gasteiger partial charge is 0.495 e. The minimum atomic E-state index is -0.0210. The average Bonchev–Trinajstić information content (AvgIpc) is 3.20. The predicted molar refractivity (Wildman–Crippen MR) is 99.8 cm³/mol. The smallest absolute Gasteiger partial charge is 0.260 e. The topological polar surface area (TPSA) is 60.5 Å². The quantitative estimate of drug-likeness (QED) is 0.804. The number of amides is 1. The summed E-state index contributed by atoms with van der Waals surface area (Å²) >= 11 is 0. The van der Waals surface area contributed by atoms with Gasteiger partial charge in [0.15, 0.2) is 18.1 Å². The maximum absolute atomic E-state index is 12.5. The SMILES string of the molecule is COc1ccccc1N1CCN(C(=O)COc2ccc3c(c2)OCO3)CC1. The molecule has 7 heteroatoms. The van der Waals surface area contributed by atoms with Gasteiger partial charge < -0.3 is 28.7 Å². The van der Waals surface area contributed by atoms with Crippen LogP contribution in [0.15, 0.2) is 42.5 Å². The number of hydrogen-bond donors (Lipinski definition) is 0. The van der Waals surface area contributed by atoms with E-state index >= 15 is 0 Å². The van der Waals surface area contributed by atoms with Gasteiger partial charge in [0.1, 0.15) is 11.5 Å². The third-order valence-corrected chi connectivity index (χ3v) is 4.76. The first-order chi connectivity index (χ1) is 13.2. The molecule has 0 N–H and O–H groups in total. The maximum Gasteiger partial charge on any atom is 0.260 e. The molecule has 2 aliphatic heterocycles. The third kappa shape index (κ3) is 3.72. The molecule has 0 bridgehead atoms. The zero-order valence-electron chi connectivity index (χ0n) is 15.2. The Labute approximate surface area is 158 Å². The monoisotopic (exact) mass is 370 g/mol. The van der Waals surface area contributed by atoms with Gasteiger partial charge in [-0.1, -0.05) is 12.1 Å². The van der Waals surface area contributed by atoms with Crippen LogP contribution in [-0.4, -0.2) is 57.5 Å². The molecule has 1 fully saturated rings. The number of piperazine rings is 1. The summed E-state index contributed by atoms with van der Waals surface area (Å²) in [6, 6.07) is 13.2. The summed E-state index contributed by atoms with van der Waals surface area (Å²) in [5, 5.41) is 0. The van der Waals surface area contributed by atoms with Crippen molar-refractivity contribution in [1.82, 2.24) is 4.90 Å². The summed E-state index contributed by atoms with van der Waals surface area (Å²) in [7, 11) is 1.67. The molecule has 4 rings (SSSR count). The molecule has 0 atom stereocenters. The molecule has 0 aliphatic carbocycles. The number of benzene rings is 2. The first-order valence-corrected chi connectivity index (χ1v) is 8.93. The predicted octanol–water partition coefficient (Wildman–Crippen LogP) is 2.15. The average molecular weight is 370 g/mol. The summed E-state index contributed by atoms with van der Waals surface area (Å²) in [5.74, 6) is 2.77. The second-order valence-corrected chi connectivity index (χ2v) is 6.34. The molecular formula is C20H22N2O5. The fourth-order valence-electron chi connectivity index (χ4n) is 3.29. The molecule has 2 aromatic carbocycles. The van der Waals surface area contributed by atoms with Gasteiger partial charge in [0.05, 0.1) is 12.8 Å². The van der Waals surface area contributed by atoms with E-state index in [9.17, 15) is 4.79 Å². The Morgan fingerprint density at radius 2 is 1.81 bits per heavy atom. The first kappa shape index (κ1) is 17.3. The number of nitrogens with zero attached hydrogens (tertiary/aromatic N) is 2. The van der Waals surface area contributed by atoms with Crippen molar-refractivity contribution in [3.63, 3.8) is 0 Å². The first-order valence-electron chi connectivity index (χ1n) is 8.93. The van der Waals surface area contributed by atoms with E-state index in [1.165, 1.54) is 0 Å². The van der Waals surface area contributed by atoms with E-state index in [1.54, 1.807) is 25.3 Å². The van der Waals surface area contributed by atoms with Crippen molar-refractivity contribution >= 4 is 11.6 Å². The van der Waals surface area contributed by atoms with E-state index < -0.39 is 0 Å². The minimum Gasteiger partial charge on any atom is -0.495 e. The number of rotatable bonds is 5. The van der Waals surface area contributed by atoms with Gasteiger partial charge in [-0.3, -0.25) is 4.79 Å². The number of methoxy groups -OCH3 is 1. The lowest BCUT2D eigenvalue weighted by molar-refractivity contribution is -0.133. The molecule has 27 heavy (non-hydrogen) atoms. The van der Waals surface area contributed by atoms with Crippen LogP contribution in [0.1, 0.15) is 0 Å². The molecular weight excluding hydrogens is 348 g/mol. The van der Waals surface area contributed by atoms with E-state index in [1.807, 2.05) is 29.2 Å². The highest BCUT2D eigenvalue weighted by Crippen LogP contribution is 2.35. The number of ether oxygens (including phenoxy) is 4. The van der Waals surface area contributed by atoms with Gasteiger partial charge in [-0.05, 0) is 24.3 Å². The zero-order valence-corrected chi connectivity index (χ0v) is 15.2. The summed E-state index contributed by atoms with van der Waals surface area (Å²) in [4.78, 5) is 16.5. The Kier molecular flexibility index (Phi) is 4.91. The summed E-state index contributed by atoms with van der Waals surface area (Å²) < 4.78 is 21.7. The molecule has 2 aliphatic rings. The minimum absolute atomic E-state index is 0.00824. The number of carbonyl (C=O) groups excluding carboxylic acids is 1. The Morgan fingerprint density at radius 1 is 1.04 bits per heavy atom. The Balaban J connectivity index is 1.30. The number of carbonyl (C=O) groups is 1. The Morgan fingerprint density at radius 3 is 2.63 bits per heavy atom. The van der Waals surface area contributed by atoms with Gasteiger partial charge in [0.2, 0.25) is 6.79 Å². The van der Waals surface area contributed by atoms with Crippen LogP contribution in [0.25, 0.3) is 0 Å². The lowest BCUT2D eigenvalue weighted by atomic mass is 10.2. The molecule has 1 amide bonds. The normalized spacial score (nSPS) is 15.6. The highest BCUT2D eigenvalue weighted by atomic mass is 16.7. The molecule has 0 radical (unpaired) electrons. The fourth-order valence-corrected chi connectivity index (χ4v) is 3.29. The number of anilines is 1. The van der Waals surface area contributed by atoms with Gasteiger partial charge >= 0.3 is 0 Å². The van der Waals surface area contributed by atoms with E-state index in [4.69, 9.17) is 18.9 Å². The van der Waals surface area contributed by atoms with E-state index in [2.05, 4.69) is 4.90 Å². The Bertz CT molecular complexity index is 818. The van der Waals surface area contributed by atoms with Crippen molar-refractivity contribution < 1.29 is 23.7 Å². The maximum atomic E-state index is 12.5. The second kappa shape index (κ2) is 7.65. The van der Waals surface area contributed by atoms with E-state index in [0.717, 1.165) is 24.5 Å². The highest BCUT2D eigenvalue weighted by molar-refractivity contribution is 5.78. The van der Waals surface area contributed by atoms with Crippen LogP contribution in [0.5, 0.6) is 23.0 Å². The van der Waals surface area contributed by atoms with Crippen molar-refractivity contribution in [2.24, 2.45) is 0 Å². The number of fused-ring (bicyclic) bond motifs is 1. The number of para-hydroxylation sites is 2. The molecule has 2 heterocycles. The lowest BCUT2D eigenvalue weighted by Gasteiger charge is -2.36. The zero-order chi connectivity index (χ0) is 18.6. The van der Waals surface area contributed by atoms with Gasteiger partial charge in [-0.15, -0.1) is 0 Å². The molecule has 7 nitrogen and oxygen atoms in total. The Hall–Kier alpha value is -3.09. The van der Waals surface area contributed by atoms with Crippen molar-refractivity contribution in [2.45, 2.75) is 0 Å². The van der Waals surface area contributed by atoms with Crippen LogP contribution in [-0.2, 0) is 4.79 Å². The van der Waals surface area contributed by atoms with Crippen LogP contribution >= 0.6 is 0 Å². The van der Waals surface area contributed by atoms with Crippen molar-refractivity contribution in [1.29, 1.82) is 0 Å². The highest BCUT2D eigenvalue weighted by Gasteiger charge is 2.23. The van der Waals surface area contributed by atoms with Gasteiger partial charge in [-0.25, -0.2) is 0 Å². The fraction of sp³-hybridized carbons (Fsp3) is 0.350. The van der Waals surface area contributed by atoms with Crippen molar-refractivity contribution in [3.8, 4) is 23.0 Å². The van der Waals surface area contributed by atoms with E-state index in [0.29, 0.717) is 30.3 Å². The molecule has 0 saturated carbocycles. The molecule has 0 aromatic heterocycles. The van der Waals surface area contributed by atoms with Crippen LogP contribution < -0.4 is 23.8 Å². The molecule has 2 aromatic rings. The molecule has 0 spiro atoms. The van der Waals surface area contributed by atoms with Crippen LogP contribution in [0, 0.1) is 0 Å². The van der Waals surface area contributed by atoms with Gasteiger partial charge in [-0.2, -0.15) is 0 Å². The van der Waals surface area contributed by atoms with Crippen LogP contribution in [0.2, 0.25) is 0 Å². The molecule has 1 saturated heterocycles. The van der Waals surface area contributed by atoms with Crippen molar-refractivity contribution in [2.75, 3.05) is 51.6 Å². The standard InChI is InChI=1S/C20H22N2O5/c1-24-17-5-3-2-4-16(17)21-8-10-22(11-9-21)20(23)13-25-15-6-7-18-19(12-15)27-14-26-18/h2-7,12H,8-11,13-14H2,1H3. The van der Waals surface area contributed by atoms with Crippen molar-refractivity contribution in [3.05, 3.63) is 42.5 Å². The third-order valence-electron chi connectivity index (χ3n) is 4.76. The van der Waals surface area contributed by atoms with Crippen LogP contribution in [0.4, 0.5) is 5.69 Å².